The van der Waals surface area contributed by atoms with Gasteiger partial charge >= 0.3 is 0 Å². The van der Waals surface area contributed by atoms with Gasteiger partial charge in [0.25, 0.3) is 10.0 Å². The number of benzene rings is 2. The molecule has 0 amide bonds. The summed E-state index contributed by atoms with van der Waals surface area (Å²) in [5.41, 5.74) is 1.66. The second-order valence-electron chi connectivity index (χ2n) is 6.12. The molecule has 0 spiro atoms. The molecule has 0 atom stereocenters. The van der Waals surface area contributed by atoms with E-state index in [2.05, 4.69) is 26.5 Å². The van der Waals surface area contributed by atoms with E-state index in [1.165, 1.54) is 12.3 Å². The van der Waals surface area contributed by atoms with Gasteiger partial charge in [-0.25, -0.2) is 12.8 Å². The second-order valence-corrected chi connectivity index (χ2v) is 7.77. The van der Waals surface area contributed by atoms with Crippen LogP contribution in [0.5, 0.6) is 0 Å². The molecule has 2 aromatic carbocycles. The van der Waals surface area contributed by atoms with Crippen LogP contribution in [0.1, 0.15) is 11.1 Å². The summed E-state index contributed by atoms with van der Waals surface area (Å²) in [7, 11) is -4.10. The molecular weight excluding hydrogens is 389 g/mol. The number of nitrogens with zero attached hydrogens (tertiary/aromatic N) is 2. The molecule has 0 aliphatic heterocycles. The lowest BCUT2D eigenvalue weighted by Gasteiger charge is -2.11. The van der Waals surface area contributed by atoms with Gasteiger partial charge in [0.2, 0.25) is 0 Å². The van der Waals surface area contributed by atoms with Gasteiger partial charge in [-0.3, -0.25) is 14.7 Å². The highest BCUT2D eigenvalue weighted by Gasteiger charge is 2.21. The van der Waals surface area contributed by atoms with E-state index in [4.69, 9.17) is 0 Å². The highest BCUT2D eigenvalue weighted by Crippen LogP contribution is 2.26. The van der Waals surface area contributed by atoms with Crippen molar-refractivity contribution < 1.29 is 12.8 Å². The molecule has 7 heteroatoms. The number of nitrogens with one attached hydrogen (secondary N) is 1. The zero-order chi connectivity index (χ0) is 20.3. The molecule has 1 N–H and O–H groups in total. The van der Waals surface area contributed by atoms with Crippen LogP contribution >= 0.6 is 0 Å². The van der Waals surface area contributed by atoms with E-state index in [0.29, 0.717) is 16.5 Å². The molecule has 0 bridgehead atoms. The molecule has 2 heterocycles. The van der Waals surface area contributed by atoms with Crippen LogP contribution in [0.25, 0.3) is 10.9 Å². The molecule has 29 heavy (non-hydrogen) atoms. The number of aromatic nitrogens is 2. The van der Waals surface area contributed by atoms with Crippen LogP contribution < -0.4 is 4.72 Å². The number of sulfonamides is 1. The van der Waals surface area contributed by atoms with Crippen molar-refractivity contribution in [3.8, 4) is 11.8 Å². The lowest BCUT2D eigenvalue weighted by Crippen LogP contribution is -2.15. The Morgan fingerprint density at radius 2 is 1.76 bits per heavy atom. The van der Waals surface area contributed by atoms with E-state index in [1.807, 2.05) is 0 Å². The zero-order valence-corrected chi connectivity index (χ0v) is 15.8. The molecule has 4 aromatic rings. The molecule has 5 nitrogen and oxygen atoms in total. The molecule has 0 fully saturated rings. The molecule has 2 aromatic heterocycles. The van der Waals surface area contributed by atoms with E-state index >= 15 is 0 Å². The van der Waals surface area contributed by atoms with Crippen molar-refractivity contribution in [2.75, 3.05) is 4.72 Å². The Labute approximate surface area is 167 Å². The van der Waals surface area contributed by atoms with E-state index in [1.54, 1.807) is 60.9 Å². The van der Waals surface area contributed by atoms with Gasteiger partial charge in [-0.1, -0.05) is 30.0 Å². The number of hydrogen-bond acceptors (Lipinski definition) is 4. The Hall–Kier alpha value is -3.76. The molecule has 0 saturated carbocycles. The quantitative estimate of drug-likeness (QED) is 0.526. The zero-order valence-electron chi connectivity index (χ0n) is 15.0. The predicted molar refractivity (Wildman–Crippen MR) is 109 cm³/mol. The van der Waals surface area contributed by atoms with Crippen molar-refractivity contribution in [2.24, 2.45) is 0 Å². The van der Waals surface area contributed by atoms with Crippen LogP contribution in [-0.4, -0.2) is 18.4 Å². The summed E-state index contributed by atoms with van der Waals surface area (Å²) in [6.07, 6.45) is 4.72. The third-order valence-electron chi connectivity index (χ3n) is 4.10. The minimum absolute atomic E-state index is 0.195. The standard InChI is InChI=1S/C22H14FN3O2S/c23-19-13-18-7-4-12-25-22(18)21(14-19)29(27,28)26-20-8-2-1-6-17(20)10-9-16-5-3-11-24-15-16/h1-8,11-15,26H. The molecule has 0 unspecified atom stereocenters. The fourth-order valence-electron chi connectivity index (χ4n) is 2.79. The average Bonchev–Trinajstić information content (AvgIpc) is 2.73. The summed E-state index contributed by atoms with van der Waals surface area (Å²) in [6.45, 7) is 0. The van der Waals surface area contributed by atoms with Gasteiger partial charge < -0.3 is 0 Å². The lowest BCUT2D eigenvalue weighted by molar-refractivity contribution is 0.597. The Morgan fingerprint density at radius 3 is 2.59 bits per heavy atom. The number of pyridine rings is 2. The number of rotatable bonds is 3. The highest BCUT2D eigenvalue weighted by molar-refractivity contribution is 7.93. The van der Waals surface area contributed by atoms with Gasteiger partial charge in [0.15, 0.2) is 0 Å². The van der Waals surface area contributed by atoms with E-state index in [-0.39, 0.29) is 16.1 Å². The Bertz CT molecular complexity index is 1360. The second kappa shape index (κ2) is 7.70. The van der Waals surface area contributed by atoms with Gasteiger partial charge in [0.05, 0.1) is 11.2 Å². The van der Waals surface area contributed by atoms with Crippen LogP contribution in [0.3, 0.4) is 0 Å². The number of fused-ring (bicyclic) bond motifs is 1. The fraction of sp³-hybridized carbons (Fsp3) is 0. The minimum Gasteiger partial charge on any atom is -0.278 e. The van der Waals surface area contributed by atoms with Crippen molar-refractivity contribution in [2.45, 2.75) is 4.90 Å². The van der Waals surface area contributed by atoms with Gasteiger partial charge in [-0.15, -0.1) is 0 Å². The number of para-hydroxylation sites is 1. The van der Waals surface area contributed by atoms with Crippen molar-refractivity contribution in [1.29, 1.82) is 0 Å². The van der Waals surface area contributed by atoms with Crippen LogP contribution in [-0.2, 0) is 10.0 Å². The summed E-state index contributed by atoms with van der Waals surface area (Å²) in [5.74, 6) is 5.23. The highest BCUT2D eigenvalue weighted by atomic mass is 32.2. The average molecular weight is 403 g/mol. The van der Waals surface area contributed by atoms with Crippen LogP contribution in [0.4, 0.5) is 10.1 Å². The topological polar surface area (TPSA) is 72.0 Å². The summed E-state index contributed by atoms with van der Waals surface area (Å²) >= 11 is 0. The summed E-state index contributed by atoms with van der Waals surface area (Å²) < 4.78 is 42.5. The maximum absolute atomic E-state index is 14.0. The smallest absolute Gasteiger partial charge is 0.264 e. The molecule has 0 radical (unpaired) electrons. The molecule has 0 aliphatic rings. The first kappa shape index (κ1) is 18.6. The Kier molecular flexibility index (Phi) is 4.94. The van der Waals surface area contributed by atoms with Gasteiger partial charge in [-0.05, 0) is 42.5 Å². The van der Waals surface area contributed by atoms with Gasteiger partial charge in [0, 0.05) is 35.1 Å². The first-order valence-corrected chi connectivity index (χ1v) is 10.1. The predicted octanol–water partition coefficient (Wildman–Crippen LogP) is 3.97. The summed E-state index contributed by atoms with van der Waals surface area (Å²) in [5, 5.41) is 0.400. The lowest BCUT2D eigenvalue weighted by atomic mass is 10.2. The largest absolute Gasteiger partial charge is 0.278 e. The monoisotopic (exact) mass is 403 g/mol. The first-order chi connectivity index (χ1) is 14.0. The maximum Gasteiger partial charge on any atom is 0.264 e. The van der Waals surface area contributed by atoms with Gasteiger partial charge in [0.1, 0.15) is 10.7 Å². The number of hydrogen-bond donors (Lipinski definition) is 1. The first-order valence-electron chi connectivity index (χ1n) is 8.61. The molecular formula is C22H14FN3O2S. The third-order valence-corrected chi connectivity index (χ3v) is 5.48. The Balaban J connectivity index is 1.75. The number of anilines is 1. The third kappa shape index (κ3) is 4.08. The van der Waals surface area contributed by atoms with Crippen molar-refractivity contribution in [3.63, 3.8) is 0 Å². The van der Waals surface area contributed by atoms with Crippen LogP contribution in [0.2, 0.25) is 0 Å². The SMILES string of the molecule is O=S(=O)(Nc1ccccc1C#Cc1cccnc1)c1cc(F)cc2cccnc12. The molecule has 142 valence electrons. The molecule has 0 saturated heterocycles. The normalized spacial score (nSPS) is 10.9. The summed E-state index contributed by atoms with van der Waals surface area (Å²) in [6, 6.07) is 15.7. The molecule has 0 aliphatic carbocycles. The van der Waals surface area contributed by atoms with Gasteiger partial charge in [-0.2, -0.15) is 0 Å². The van der Waals surface area contributed by atoms with Crippen molar-refractivity contribution in [3.05, 3.63) is 96.2 Å². The Morgan fingerprint density at radius 1 is 0.931 bits per heavy atom. The minimum atomic E-state index is -4.10. The molecule has 4 rings (SSSR count). The van der Waals surface area contributed by atoms with E-state index in [9.17, 15) is 12.8 Å². The van der Waals surface area contributed by atoms with Crippen LogP contribution in [0, 0.1) is 17.7 Å². The van der Waals surface area contributed by atoms with Crippen LogP contribution in [0.15, 0.2) is 84.1 Å². The summed E-state index contributed by atoms with van der Waals surface area (Å²) in [4.78, 5) is 7.87. The maximum atomic E-state index is 14.0. The number of halogens is 1. The van der Waals surface area contributed by atoms with Crippen molar-refractivity contribution in [1.82, 2.24) is 9.97 Å². The van der Waals surface area contributed by atoms with Crippen molar-refractivity contribution >= 4 is 26.6 Å². The van der Waals surface area contributed by atoms with E-state index < -0.39 is 15.8 Å². The fourth-order valence-corrected chi connectivity index (χ4v) is 4.06. The van der Waals surface area contributed by atoms with E-state index in [0.717, 1.165) is 6.07 Å².